The maximum atomic E-state index is 13.5. The van der Waals surface area contributed by atoms with Gasteiger partial charge in [-0.3, -0.25) is 39.2 Å². The van der Waals surface area contributed by atoms with Gasteiger partial charge in [-0.2, -0.15) is 0 Å². The molecule has 15 nitrogen and oxygen atoms in total. The molecule has 380 valence electrons. The minimum absolute atomic E-state index is 0.0246. The number of carbonyl (C=O) groups excluding carboxylic acids is 6. The molecule has 4 N–H and O–H groups in total. The van der Waals surface area contributed by atoms with Crippen molar-refractivity contribution in [3.8, 4) is 5.75 Å². The third-order valence-corrected chi connectivity index (χ3v) is 13.6. The maximum Gasteiger partial charge on any atom is 0.233 e. The van der Waals surface area contributed by atoms with E-state index in [9.17, 15) is 39.2 Å². The van der Waals surface area contributed by atoms with Crippen LogP contribution >= 0.6 is 0 Å². The lowest BCUT2D eigenvalue weighted by Crippen LogP contribution is -2.44. The van der Waals surface area contributed by atoms with Gasteiger partial charge in [0, 0.05) is 62.8 Å². The van der Waals surface area contributed by atoms with Gasteiger partial charge >= 0.3 is 0 Å². The summed E-state index contributed by atoms with van der Waals surface area (Å²) in [5.41, 5.74) is 1.43. The summed E-state index contributed by atoms with van der Waals surface area (Å²) < 4.78 is 16.4. The molecular formula is C53H82N4O11. The van der Waals surface area contributed by atoms with Crippen LogP contribution in [-0.4, -0.2) is 114 Å². The molecule has 68 heavy (non-hydrogen) atoms. The molecule has 2 aromatic carbocycles. The Morgan fingerprint density at radius 3 is 1.41 bits per heavy atom. The predicted octanol–water partition coefficient (Wildman–Crippen LogP) is 7.57. The number of rotatable bonds is 27. The van der Waals surface area contributed by atoms with Crippen LogP contribution in [0.3, 0.4) is 0 Å². The summed E-state index contributed by atoms with van der Waals surface area (Å²) in [5.74, 6) is -1.96. The summed E-state index contributed by atoms with van der Waals surface area (Å²) in [7, 11) is 1.62. The molecule has 0 bridgehead atoms. The van der Waals surface area contributed by atoms with Gasteiger partial charge in [-0.25, -0.2) is 10.1 Å². The Morgan fingerprint density at radius 2 is 1.07 bits per heavy atom. The van der Waals surface area contributed by atoms with E-state index < -0.39 is 46.6 Å². The van der Waals surface area contributed by atoms with Crippen LogP contribution in [0.5, 0.6) is 5.75 Å². The molecule has 8 atom stereocenters. The molecule has 4 rings (SSSR count). The highest BCUT2D eigenvalue weighted by Gasteiger charge is 2.39. The van der Waals surface area contributed by atoms with Crippen molar-refractivity contribution in [1.82, 2.24) is 20.8 Å². The van der Waals surface area contributed by atoms with E-state index in [-0.39, 0.29) is 48.4 Å². The van der Waals surface area contributed by atoms with Crippen molar-refractivity contribution in [2.75, 3.05) is 33.4 Å². The van der Waals surface area contributed by atoms with E-state index in [0.29, 0.717) is 61.9 Å². The van der Waals surface area contributed by atoms with Crippen molar-refractivity contribution in [1.29, 1.82) is 0 Å². The molecule has 2 saturated heterocycles. The molecule has 4 amide bonds. The van der Waals surface area contributed by atoms with E-state index in [1.807, 2.05) is 96.1 Å². The summed E-state index contributed by atoms with van der Waals surface area (Å²) in [5, 5.41) is 27.1. The van der Waals surface area contributed by atoms with Crippen molar-refractivity contribution in [3.63, 3.8) is 0 Å². The Hall–Kier alpha value is -4.70. The molecule has 15 heteroatoms. The smallest absolute Gasteiger partial charge is 0.233 e. The highest BCUT2D eigenvalue weighted by Crippen LogP contribution is 2.34. The molecule has 0 radical (unpaired) electrons. The molecule has 0 aliphatic carbocycles. The Balaban J connectivity index is 0.000000361. The van der Waals surface area contributed by atoms with Crippen LogP contribution in [0.4, 0.5) is 0 Å². The second-order valence-corrected chi connectivity index (χ2v) is 20.7. The molecule has 0 aromatic heterocycles. The van der Waals surface area contributed by atoms with E-state index in [1.54, 1.807) is 21.0 Å². The summed E-state index contributed by atoms with van der Waals surface area (Å²) in [6.45, 7) is 17.4. The van der Waals surface area contributed by atoms with Crippen LogP contribution in [-0.2, 0) is 51.1 Å². The molecule has 2 aromatic rings. The van der Waals surface area contributed by atoms with Gasteiger partial charge in [0.2, 0.25) is 24.6 Å². The number of hydrogen-bond acceptors (Lipinski definition) is 11. The largest absolute Gasteiger partial charge is 0.497 e. The minimum Gasteiger partial charge on any atom is -0.497 e. The number of amides is 4. The molecular weight excluding hydrogens is 869 g/mol. The molecule has 0 saturated carbocycles. The zero-order valence-corrected chi connectivity index (χ0v) is 42.2. The number of Topliss-reactive ketones (excluding diaryl/α,β-unsaturated/α-hetero) is 2. The Bertz CT molecular complexity index is 1840. The Kier molecular flexibility index (Phi) is 24.3. The fourth-order valence-electron chi connectivity index (χ4n) is 8.97. The second kappa shape index (κ2) is 28.7. The van der Waals surface area contributed by atoms with Crippen molar-refractivity contribution in [3.05, 3.63) is 65.7 Å². The van der Waals surface area contributed by atoms with Crippen LogP contribution in [0, 0.1) is 34.5 Å². The summed E-state index contributed by atoms with van der Waals surface area (Å²) in [6.07, 6.45) is 8.66. The molecule has 2 fully saturated rings. The Labute approximate surface area is 405 Å². The third-order valence-electron chi connectivity index (χ3n) is 13.6. The van der Waals surface area contributed by atoms with Crippen LogP contribution in [0.15, 0.2) is 54.6 Å². The van der Waals surface area contributed by atoms with Crippen molar-refractivity contribution in [2.45, 2.75) is 157 Å². The first-order chi connectivity index (χ1) is 32.2. The van der Waals surface area contributed by atoms with E-state index in [0.717, 1.165) is 62.9 Å². The van der Waals surface area contributed by atoms with Gasteiger partial charge in [0.15, 0.2) is 0 Å². The number of carbonyl (C=O) groups is 6. The van der Waals surface area contributed by atoms with E-state index in [2.05, 4.69) is 10.6 Å². The molecule has 2 aliphatic heterocycles. The number of ketones is 2. The number of methoxy groups -OCH3 is 1. The molecule has 2 aliphatic rings. The molecule has 2 heterocycles. The van der Waals surface area contributed by atoms with Crippen LogP contribution in [0.2, 0.25) is 0 Å². The fraction of sp³-hybridized carbons (Fsp3) is 0.660. The average molecular weight is 951 g/mol. The maximum absolute atomic E-state index is 13.5. The first-order valence-corrected chi connectivity index (χ1v) is 24.6. The number of ether oxygens (including phenoxy) is 3. The van der Waals surface area contributed by atoms with E-state index in [1.165, 1.54) is 5.56 Å². The van der Waals surface area contributed by atoms with Crippen LogP contribution < -0.4 is 15.4 Å². The zero-order valence-electron chi connectivity index (χ0n) is 42.2. The van der Waals surface area contributed by atoms with Gasteiger partial charge < -0.3 is 24.8 Å². The monoisotopic (exact) mass is 951 g/mol. The SMILES string of the molecule is COc1ccc(CCC[C@@H](C(=O)C[C@H](C(=O)NCC2CCCO2)C(C)(C)C)[C@H](C)N(O)C=O)cc1.C[C@@H]([C@@H](CCCc1ccccc1)C(=O)C[C@H](C(=O)NCC1CCCO1)C(C)(C)C)N(O)C=O. The number of nitrogens with one attached hydrogen (secondary N) is 2. The first kappa shape index (κ1) is 57.6. The molecule has 0 spiro atoms. The van der Waals surface area contributed by atoms with Gasteiger partial charge in [0.1, 0.15) is 17.3 Å². The Morgan fingerprint density at radius 1 is 0.676 bits per heavy atom. The topological polar surface area (TPSA) is 201 Å². The van der Waals surface area contributed by atoms with Gasteiger partial charge in [-0.05, 0) is 112 Å². The zero-order chi connectivity index (χ0) is 50.4. The average Bonchev–Trinajstić information content (AvgIpc) is 4.05. The van der Waals surface area contributed by atoms with Gasteiger partial charge in [-0.15, -0.1) is 0 Å². The van der Waals surface area contributed by atoms with Crippen molar-refractivity contribution < 1.29 is 53.4 Å². The van der Waals surface area contributed by atoms with Gasteiger partial charge in [0.25, 0.3) is 0 Å². The van der Waals surface area contributed by atoms with E-state index >= 15 is 0 Å². The lowest BCUT2D eigenvalue weighted by Gasteiger charge is -2.32. The summed E-state index contributed by atoms with van der Waals surface area (Å²) >= 11 is 0. The quantitative estimate of drug-likeness (QED) is 0.0391. The van der Waals surface area contributed by atoms with Crippen LogP contribution in [0.25, 0.3) is 0 Å². The first-order valence-electron chi connectivity index (χ1n) is 24.6. The fourth-order valence-corrected chi connectivity index (χ4v) is 8.97. The number of aryl methyl sites for hydroxylation is 2. The van der Waals surface area contributed by atoms with Gasteiger partial charge in [-0.1, -0.05) is 84.0 Å². The second-order valence-electron chi connectivity index (χ2n) is 20.7. The normalized spacial score (nSPS) is 18.6. The van der Waals surface area contributed by atoms with Crippen LogP contribution in [0.1, 0.15) is 131 Å². The number of benzene rings is 2. The highest BCUT2D eigenvalue weighted by molar-refractivity contribution is 5.90. The number of hydrogen-bond donors (Lipinski definition) is 4. The highest BCUT2D eigenvalue weighted by atomic mass is 16.5. The van der Waals surface area contributed by atoms with Crippen molar-refractivity contribution >= 4 is 36.2 Å². The lowest BCUT2D eigenvalue weighted by atomic mass is 9.74. The standard InChI is InChI=1S/C27H42N2O6.C26H40N2O5/c1-19(29(33)18-30)23(10-6-8-20-11-13-21(34-5)14-12-20)25(31)16-24(27(2,3)4)26(32)28-17-22-9-7-15-35-22;1-19(28(32)18-29)22(14-8-12-20-10-6-5-7-11-20)24(30)16-23(26(2,3)4)25(31)27-17-21-13-9-15-33-21/h11-14,18-19,22-24,33H,6-10,15-17H2,1-5H3,(H,28,32);5-7,10-11,18-19,21-23,32H,8-9,12-17H2,1-4H3,(H,27,31)/t19-,22?,23+,24+;19-,21?,22+,23+/m00/s1. The predicted molar refractivity (Wildman–Crippen MR) is 260 cm³/mol. The van der Waals surface area contributed by atoms with Crippen molar-refractivity contribution in [2.24, 2.45) is 34.5 Å². The van der Waals surface area contributed by atoms with E-state index in [4.69, 9.17) is 14.2 Å². The summed E-state index contributed by atoms with van der Waals surface area (Å²) in [6, 6.07) is 16.4. The number of hydroxylamine groups is 4. The summed E-state index contributed by atoms with van der Waals surface area (Å²) in [4.78, 5) is 75.4. The number of nitrogens with zero attached hydrogens (tertiary/aromatic N) is 2. The minimum atomic E-state index is -0.688. The van der Waals surface area contributed by atoms with Gasteiger partial charge in [0.05, 0.1) is 31.4 Å². The third kappa shape index (κ3) is 19.4. The molecule has 2 unspecified atom stereocenters. The lowest BCUT2D eigenvalue weighted by molar-refractivity contribution is -0.166.